The van der Waals surface area contributed by atoms with Crippen LogP contribution in [0.3, 0.4) is 0 Å². The Hall–Kier alpha value is -2.44. The van der Waals surface area contributed by atoms with Crippen LogP contribution in [0.4, 0.5) is 17.2 Å². The zero-order valence-electron chi connectivity index (χ0n) is 17.7. The first-order valence-corrected chi connectivity index (χ1v) is 11.8. The van der Waals surface area contributed by atoms with Crippen LogP contribution in [0.5, 0.6) is 0 Å². The van der Waals surface area contributed by atoms with Crippen molar-refractivity contribution in [3.8, 4) is 11.1 Å². The molecule has 2 aromatic carbocycles. The third-order valence-corrected chi connectivity index (χ3v) is 6.93. The maximum atomic E-state index is 4.61. The summed E-state index contributed by atoms with van der Waals surface area (Å²) in [6, 6.07) is 15.0. The number of nitrogens with zero attached hydrogens (tertiary/aromatic N) is 3. The number of rotatable bonds is 6. The average molecular weight is 481 g/mol. The smallest absolute Gasteiger partial charge is 0.143 e. The minimum absolute atomic E-state index is 0.848. The van der Waals surface area contributed by atoms with E-state index in [9.17, 15) is 0 Å². The summed E-state index contributed by atoms with van der Waals surface area (Å²) >= 11 is 5.24. The second-order valence-electron chi connectivity index (χ2n) is 7.24. The molecule has 0 radical (unpaired) electrons. The fourth-order valence-corrected chi connectivity index (χ4v) is 5.08. The van der Waals surface area contributed by atoms with Gasteiger partial charge in [-0.15, -0.1) is 11.3 Å². The fourth-order valence-electron chi connectivity index (χ4n) is 3.80. The van der Waals surface area contributed by atoms with Crippen molar-refractivity contribution in [2.45, 2.75) is 27.7 Å². The lowest BCUT2D eigenvalue weighted by Crippen LogP contribution is -2.21. The largest absolute Gasteiger partial charge is 0.372 e. The maximum absolute atomic E-state index is 4.61. The van der Waals surface area contributed by atoms with Crippen LogP contribution in [0.2, 0.25) is 0 Å². The van der Waals surface area contributed by atoms with E-state index in [-0.39, 0.29) is 0 Å². The van der Waals surface area contributed by atoms with Crippen LogP contribution in [0.25, 0.3) is 21.3 Å². The van der Waals surface area contributed by atoms with E-state index < -0.39 is 0 Å². The minimum Gasteiger partial charge on any atom is -0.372 e. The third kappa shape index (κ3) is 3.94. The molecule has 0 atom stereocenters. The van der Waals surface area contributed by atoms with Crippen molar-refractivity contribution in [3.63, 3.8) is 0 Å². The number of thiophene rings is 1. The molecule has 6 heteroatoms. The van der Waals surface area contributed by atoms with Gasteiger partial charge in [0.15, 0.2) is 0 Å². The second-order valence-corrected chi connectivity index (χ2v) is 9.36. The van der Waals surface area contributed by atoms with Crippen molar-refractivity contribution in [2.24, 2.45) is 0 Å². The Morgan fingerprint density at radius 2 is 1.73 bits per heavy atom. The Labute approximate surface area is 190 Å². The van der Waals surface area contributed by atoms with Gasteiger partial charge in [-0.3, -0.25) is 0 Å². The van der Waals surface area contributed by atoms with Gasteiger partial charge in [0, 0.05) is 39.4 Å². The summed E-state index contributed by atoms with van der Waals surface area (Å²) in [4.78, 5) is 13.8. The minimum atomic E-state index is 0.848. The van der Waals surface area contributed by atoms with E-state index in [4.69, 9.17) is 0 Å². The molecule has 0 bridgehead atoms. The van der Waals surface area contributed by atoms with Crippen LogP contribution in [0, 0.1) is 13.8 Å². The Kier molecular flexibility index (Phi) is 6.06. The Balaban J connectivity index is 1.78. The Bertz CT molecular complexity index is 1180. The first kappa shape index (κ1) is 20.8. The standard InChI is InChI=1S/C24H25BrN4S/c1-5-29(6-2)19-11-12-20(15(3)13-19)28-23-22-21(17-7-9-18(25)10-8-17)16(4)30-24(22)27-14-26-23/h7-14H,5-6H2,1-4H3,(H,26,27,28). The van der Waals surface area contributed by atoms with Gasteiger partial charge in [0.2, 0.25) is 0 Å². The summed E-state index contributed by atoms with van der Waals surface area (Å²) in [5.41, 5.74) is 5.88. The Morgan fingerprint density at radius 3 is 2.40 bits per heavy atom. The molecular formula is C24H25BrN4S. The van der Waals surface area contributed by atoms with Crippen molar-refractivity contribution < 1.29 is 0 Å². The lowest BCUT2D eigenvalue weighted by molar-refractivity contribution is 0.866. The quantitative estimate of drug-likeness (QED) is 0.313. The van der Waals surface area contributed by atoms with Crippen LogP contribution in [0.15, 0.2) is 53.3 Å². The molecule has 0 aliphatic heterocycles. The molecule has 2 aromatic heterocycles. The van der Waals surface area contributed by atoms with Crippen LogP contribution < -0.4 is 10.2 Å². The van der Waals surface area contributed by atoms with Crippen LogP contribution in [0.1, 0.15) is 24.3 Å². The summed E-state index contributed by atoms with van der Waals surface area (Å²) in [6.45, 7) is 10.7. The second kappa shape index (κ2) is 8.74. The molecule has 2 heterocycles. The highest BCUT2D eigenvalue weighted by atomic mass is 79.9. The van der Waals surface area contributed by atoms with E-state index in [1.54, 1.807) is 17.7 Å². The number of anilines is 3. The van der Waals surface area contributed by atoms with Gasteiger partial charge in [0.25, 0.3) is 0 Å². The van der Waals surface area contributed by atoms with E-state index in [2.05, 4.69) is 106 Å². The molecule has 154 valence electrons. The molecule has 4 aromatic rings. The van der Waals surface area contributed by atoms with E-state index in [0.29, 0.717) is 0 Å². The van der Waals surface area contributed by atoms with Crippen LogP contribution in [-0.2, 0) is 0 Å². The number of aromatic nitrogens is 2. The highest BCUT2D eigenvalue weighted by Crippen LogP contribution is 2.41. The molecule has 4 rings (SSSR count). The third-order valence-electron chi connectivity index (χ3n) is 5.39. The summed E-state index contributed by atoms with van der Waals surface area (Å²) in [6.07, 6.45) is 1.64. The first-order chi connectivity index (χ1) is 14.5. The van der Waals surface area contributed by atoms with Gasteiger partial charge in [-0.1, -0.05) is 28.1 Å². The average Bonchev–Trinajstić information content (AvgIpc) is 3.08. The van der Waals surface area contributed by atoms with E-state index in [1.807, 2.05) is 0 Å². The number of hydrogen-bond acceptors (Lipinski definition) is 5. The number of fused-ring (bicyclic) bond motifs is 1. The monoisotopic (exact) mass is 480 g/mol. The summed E-state index contributed by atoms with van der Waals surface area (Å²) in [7, 11) is 0. The molecule has 1 N–H and O–H groups in total. The molecule has 0 saturated heterocycles. The van der Waals surface area contributed by atoms with Crippen molar-refractivity contribution >= 4 is 54.7 Å². The zero-order valence-corrected chi connectivity index (χ0v) is 20.1. The Morgan fingerprint density at radius 1 is 1.00 bits per heavy atom. The molecule has 0 unspecified atom stereocenters. The molecule has 0 amide bonds. The lowest BCUT2D eigenvalue weighted by atomic mass is 10.0. The first-order valence-electron chi connectivity index (χ1n) is 10.1. The van der Waals surface area contributed by atoms with Crippen molar-refractivity contribution in [1.82, 2.24) is 9.97 Å². The molecule has 0 saturated carbocycles. The lowest BCUT2D eigenvalue weighted by Gasteiger charge is -2.22. The molecule has 0 aliphatic carbocycles. The van der Waals surface area contributed by atoms with Gasteiger partial charge in [0.05, 0.1) is 5.39 Å². The van der Waals surface area contributed by atoms with Gasteiger partial charge in [-0.2, -0.15) is 0 Å². The van der Waals surface area contributed by atoms with Gasteiger partial charge >= 0.3 is 0 Å². The summed E-state index contributed by atoms with van der Waals surface area (Å²) in [5.74, 6) is 0.848. The molecular weight excluding hydrogens is 456 g/mol. The van der Waals surface area contributed by atoms with Crippen molar-refractivity contribution in [3.05, 3.63) is 63.7 Å². The summed E-state index contributed by atoms with van der Waals surface area (Å²) < 4.78 is 1.07. The molecule has 30 heavy (non-hydrogen) atoms. The number of halogens is 1. The highest BCUT2D eigenvalue weighted by Gasteiger charge is 2.17. The van der Waals surface area contributed by atoms with Crippen LogP contribution in [-0.4, -0.2) is 23.1 Å². The predicted molar refractivity (Wildman–Crippen MR) is 133 cm³/mol. The topological polar surface area (TPSA) is 41.0 Å². The van der Waals surface area contributed by atoms with Crippen LogP contribution >= 0.6 is 27.3 Å². The SMILES string of the molecule is CCN(CC)c1ccc(Nc2ncnc3sc(C)c(-c4ccc(Br)cc4)c23)c(C)c1. The molecule has 4 nitrogen and oxygen atoms in total. The van der Waals surface area contributed by atoms with E-state index in [1.165, 1.54) is 27.3 Å². The fraction of sp³-hybridized carbons (Fsp3) is 0.250. The van der Waals surface area contributed by atoms with E-state index >= 15 is 0 Å². The van der Waals surface area contributed by atoms with Gasteiger partial charge in [-0.25, -0.2) is 9.97 Å². The maximum Gasteiger partial charge on any atom is 0.143 e. The number of benzene rings is 2. The predicted octanol–water partition coefficient (Wildman–Crippen LogP) is 7.33. The zero-order chi connectivity index (χ0) is 21.3. The van der Waals surface area contributed by atoms with E-state index in [0.717, 1.165) is 39.3 Å². The molecule has 0 fully saturated rings. The van der Waals surface area contributed by atoms with Crippen molar-refractivity contribution in [2.75, 3.05) is 23.3 Å². The van der Waals surface area contributed by atoms with Gasteiger partial charge < -0.3 is 10.2 Å². The normalized spacial score (nSPS) is 11.1. The van der Waals surface area contributed by atoms with Gasteiger partial charge in [0.1, 0.15) is 17.0 Å². The number of nitrogens with one attached hydrogen (secondary N) is 1. The van der Waals surface area contributed by atoms with Gasteiger partial charge in [-0.05, 0) is 69.2 Å². The number of hydrogen-bond donors (Lipinski definition) is 1. The van der Waals surface area contributed by atoms with Crippen molar-refractivity contribution in [1.29, 1.82) is 0 Å². The highest BCUT2D eigenvalue weighted by molar-refractivity contribution is 9.10. The number of aryl methyl sites for hydroxylation is 2. The molecule has 0 spiro atoms. The molecule has 0 aliphatic rings. The summed E-state index contributed by atoms with van der Waals surface area (Å²) in [5, 5.41) is 4.66.